The van der Waals surface area contributed by atoms with Crippen molar-refractivity contribution in [3.8, 4) is 5.75 Å². The van der Waals surface area contributed by atoms with Crippen LogP contribution in [0.1, 0.15) is 104 Å². The van der Waals surface area contributed by atoms with E-state index in [2.05, 4.69) is 33.8 Å². The van der Waals surface area contributed by atoms with Crippen LogP contribution < -0.4 is 4.74 Å². The zero-order chi connectivity index (χ0) is 27.2. The number of rotatable bonds is 12. The fraction of sp³-hybridized carbons (Fsp3) is 0.788. The van der Waals surface area contributed by atoms with Crippen LogP contribution in [-0.2, 0) is 22.4 Å². The predicted octanol–water partition coefficient (Wildman–Crippen LogP) is 6.75. The maximum absolute atomic E-state index is 12.8. The highest BCUT2D eigenvalue weighted by Gasteiger charge is 2.45. The Morgan fingerprint density at radius 3 is 2.71 bits per heavy atom. The third-order valence-electron chi connectivity index (χ3n) is 9.91. The normalized spacial score (nSPS) is 31.5. The summed E-state index contributed by atoms with van der Waals surface area (Å²) >= 11 is 0. The highest BCUT2D eigenvalue weighted by molar-refractivity contribution is 5.71. The molecule has 3 aliphatic rings. The van der Waals surface area contributed by atoms with Crippen LogP contribution >= 0.6 is 0 Å². The van der Waals surface area contributed by atoms with Crippen molar-refractivity contribution in [3.05, 3.63) is 29.3 Å². The van der Waals surface area contributed by atoms with E-state index in [0.29, 0.717) is 29.6 Å². The lowest BCUT2D eigenvalue weighted by atomic mass is 9.73. The lowest BCUT2D eigenvalue weighted by Crippen LogP contribution is -2.37. The number of unbranched alkanes of at least 4 members (excludes halogenated alkanes) is 2. The number of esters is 1. The Labute approximate surface area is 232 Å². The molecule has 1 aromatic rings. The van der Waals surface area contributed by atoms with Gasteiger partial charge in [-0.1, -0.05) is 65.5 Å². The Hall–Kier alpha value is -1.59. The molecule has 4 rings (SSSR count). The second-order valence-corrected chi connectivity index (χ2v) is 13.1. The molecule has 2 saturated carbocycles. The molecular weight excluding hydrogens is 476 g/mol. The van der Waals surface area contributed by atoms with Gasteiger partial charge in [0.25, 0.3) is 0 Å². The van der Waals surface area contributed by atoms with Crippen LogP contribution in [0.15, 0.2) is 18.2 Å². The van der Waals surface area contributed by atoms with Crippen LogP contribution in [0.3, 0.4) is 0 Å². The van der Waals surface area contributed by atoms with Crippen LogP contribution in [0.2, 0.25) is 0 Å². The molecule has 3 aliphatic carbocycles. The van der Waals surface area contributed by atoms with E-state index < -0.39 is 0 Å². The van der Waals surface area contributed by atoms with Gasteiger partial charge in [0.2, 0.25) is 0 Å². The Morgan fingerprint density at radius 2 is 1.95 bits per heavy atom. The van der Waals surface area contributed by atoms with Crippen LogP contribution in [0.5, 0.6) is 5.75 Å². The smallest absolute Gasteiger partial charge is 0.344 e. The van der Waals surface area contributed by atoms with Crippen molar-refractivity contribution < 1.29 is 25.9 Å². The van der Waals surface area contributed by atoms with E-state index in [0.717, 1.165) is 63.5 Å². The summed E-state index contributed by atoms with van der Waals surface area (Å²) in [6.07, 6.45) is 11.3. The predicted molar refractivity (Wildman–Crippen MR) is 153 cm³/mol. The molecule has 0 aliphatic heterocycles. The van der Waals surface area contributed by atoms with Gasteiger partial charge in [-0.05, 0) is 104 Å². The van der Waals surface area contributed by atoms with Gasteiger partial charge < -0.3 is 19.7 Å². The number of carbonyl (C=O) groups excluding carboxylic acids is 1. The highest BCUT2D eigenvalue weighted by atomic mass is 16.6. The van der Waals surface area contributed by atoms with Crippen LogP contribution in [-0.4, -0.2) is 41.1 Å². The summed E-state index contributed by atoms with van der Waals surface area (Å²) in [5.41, 5.74) is 2.47. The molecule has 0 aromatic heterocycles. The molecule has 216 valence electrons. The summed E-state index contributed by atoms with van der Waals surface area (Å²) in [5.74, 6) is 3.16. The first-order valence-electron chi connectivity index (χ1n) is 15.6. The highest BCUT2D eigenvalue weighted by Crippen LogP contribution is 2.48. The van der Waals surface area contributed by atoms with E-state index in [-0.39, 0.29) is 38.2 Å². The molecule has 38 heavy (non-hydrogen) atoms. The minimum atomic E-state index is -0.298. The van der Waals surface area contributed by atoms with Gasteiger partial charge in [-0.25, -0.2) is 4.79 Å². The summed E-state index contributed by atoms with van der Waals surface area (Å²) < 4.78 is 12.0. The van der Waals surface area contributed by atoms with E-state index in [4.69, 9.17) is 9.47 Å². The van der Waals surface area contributed by atoms with E-state index >= 15 is 0 Å². The quantitative estimate of drug-likeness (QED) is 0.231. The summed E-state index contributed by atoms with van der Waals surface area (Å²) in [7, 11) is 0. The standard InChI is InChI=1S/C33H52O5.H2/c1-5-6-7-10-25(34)13-15-27-28-17-23-9-8-11-31(29(23)18-24(28)19-30(27)35)37-20-33(36)38-32-16-22(4)12-14-26(32)21(2)3;/h8-9,11,21-22,24-28,30,32,34-35H,5-7,10,12-20H2,1-4H3;1H/t22-,24+,25-,26+,27-,28+,30-,32-;/m1./s1. The van der Waals surface area contributed by atoms with Gasteiger partial charge >= 0.3 is 5.97 Å². The SMILES string of the molecule is CCCCC[C@@H](O)CC[C@@H]1[C@H]2Cc3cccc(OCC(=O)O[C@@H]4C[C@H](C)CC[C@H]4C(C)C)c3C[C@H]2C[C@H]1O.[HH]. The molecule has 2 N–H and O–H groups in total. The van der Waals surface area contributed by atoms with E-state index in [1.165, 1.54) is 30.4 Å². The molecule has 0 unspecified atom stereocenters. The number of aliphatic hydroxyl groups excluding tert-OH is 2. The second-order valence-electron chi connectivity index (χ2n) is 13.1. The van der Waals surface area contributed by atoms with Gasteiger partial charge in [0, 0.05) is 1.43 Å². The maximum Gasteiger partial charge on any atom is 0.344 e. The first-order valence-corrected chi connectivity index (χ1v) is 15.6. The number of fused-ring (bicyclic) bond motifs is 2. The molecule has 8 atom stereocenters. The zero-order valence-electron chi connectivity index (χ0n) is 24.2. The van der Waals surface area contributed by atoms with Crippen molar-refractivity contribution >= 4 is 5.97 Å². The van der Waals surface area contributed by atoms with Gasteiger partial charge in [-0.15, -0.1) is 0 Å². The van der Waals surface area contributed by atoms with Crippen LogP contribution in [0, 0.1) is 35.5 Å². The Morgan fingerprint density at radius 1 is 1.13 bits per heavy atom. The van der Waals surface area contributed by atoms with E-state index in [1.807, 2.05) is 12.1 Å². The molecule has 0 amide bonds. The molecular formula is C33H54O5. The maximum atomic E-state index is 12.8. The minimum Gasteiger partial charge on any atom is -0.482 e. The largest absolute Gasteiger partial charge is 0.482 e. The molecule has 5 nitrogen and oxygen atoms in total. The Balaban J connectivity index is 0.00000420. The van der Waals surface area contributed by atoms with Crippen molar-refractivity contribution in [2.45, 2.75) is 123 Å². The lowest BCUT2D eigenvalue weighted by molar-refractivity contribution is -0.158. The van der Waals surface area contributed by atoms with Crippen molar-refractivity contribution in [1.82, 2.24) is 0 Å². The van der Waals surface area contributed by atoms with Crippen molar-refractivity contribution in [3.63, 3.8) is 0 Å². The van der Waals surface area contributed by atoms with Gasteiger partial charge in [0.15, 0.2) is 6.61 Å². The zero-order valence-corrected chi connectivity index (χ0v) is 24.2. The number of hydrogen-bond donors (Lipinski definition) is 2. The molecule has 0 saturated heterocycles. The van der Waals surface area contributed by atoms with Crippen molar-refractivity contribution in [1.29, 1.82) is 0 Å². The molecule has 0 heterocycles. The number of benzene rings is 1. The minimum absolute atomic E-state index is 0. The molecule has 5 heteroatoms. The third-order valence-corrected chi connectivity index (χ3v) is 9.91. The molecule has 2 fully saturated rings. The summed E-state index contributed by atoms with van der Waals surface area (Å²) in [6.45, 7) is 8.83. The van der Waals surface area contributed by atoms with Gasteiger partial charge in [-0.2, -0.15) is 0 Å². The second kappa shape index (κ2) is 13.7. The summed E-state index contributed by atoms with van der Waals surface area (Å²) in [6, 6.07) is 6.17. The monoisotopic (exact) mass is 530 g/mol. The average Bonchev–Trinajstić information content (AvgIpc) is 3.18. The van der Waals surface area contributed by atoms with E-state index in [1.54, 1.807) is 0 Å². The van der Waals surface area contributed by atoms with E-state index in [9.17, 15) is 15.0 Å². The summed E-state index contributed by atoms with van der Waals surface area (Å²) in [5, 5.41) is 21.4. The van der Waals surface area contributed by atoms with Crippen LogP contribution in [0.4, 0.5) is 0 Å². The lowest BCUT2D eigenvalue weighted by Gasteiger charge is -2.36. The molecule has 0 spiro atoms. The Bertz CT molecular complexity index is 904. The van der Waals surface area contributed by atoms with Crippen LogP contribution in [0.25, 0.3) is 0 Å². The van der Waals surface area contributed by atoms with Crippen molar-refractivity contribution in [2.75, 3.05) is 6.61 Å². The number of aliphatic hydroxyl groups is 2. The number of ether oxygens (including phenoxy) is 2. The molecule has 0 bridgehead atoms. The first-order chi connectivity index (χ1) is 18.3. The fourth-order valence-corrected chi connectivity index (χ4v) is 7.69. The van der Waals surface area contributed by atoms with Gasteiger partial charge in [-0.3, -0.25) is 0 Å². The fourth-order valence-electron chi connectivity index (χ4n) is 7.69. The first kappa shape index (κ1) is 29.4. The van der Waals surface area contributed by atoms with Gasteiger partial charge in [0.1, 0.15) is 11.9 Å². The van der Waals surface area contributed by atoms with Crippen molar-refractivity contribution in [2.24, 2.45) is 35.5 Å². The number of hydrogen-bond acceptors (Lipinski definition) is 5. The summed E-state index contributed by atoms with van der Waals surface area (Å²) in [4.78, 5) is 12.8. The van der Waals surface area contributed by atoms with Gasteiger partial charge in [0.05, 0.1) is 12.2 Å². The number of carbonyl (C=O) groups is 1. The Kier molecular flexibility index (Phi) is 10.6. The topological polar surface area (TPSA) is 76.0 Å². The molecule has 0 radical (unpaired) electrons. The third kappa shape index (κ3) is 7.33. The average molecular weight is 531 g/mol. The molecule has 1 aromatic carbocycles.